The Balaban J connectivity index is 1.40. The smallest absolute Gasteiger partial charge is 0.240 e. The van der Waals surface area contributed by atoms with Gasteiger partial charge in [0, 0.05) is 24.0 Å². The van der Waals surface area contributed by atoms with Crippen molar-refractivity contribution in [3.05, 3.63) is 65.2 Å². The number of nitrogens with one attached hydrogen (secondary N) is 2. The van der Waals surface area contributed by atoms with Crippen molar-refractivity contribution < 1.29 is 13.2 Å². The second-order valence-corrected chi connectivity index (χ2v) is 9.34. The highest BCUT2D eigenvalue weighted by atomic mass is 35.5. The quantitative estimate of drug-likeness (QED) is 0.714. The molecule has 1 aliphatic carbocycles. The van der Waals surface area contributed by atoms with Gasteiger partial charge in [-0.15, -0.1) is 0 Å². The van der Waals surface area contributed by atoms with Gasteiger partial charge in [-0.05, 0) is 55.4 Å². The van der Waals surface area contributed by atoms with Gasteiger partial charge in [0.25, 0.3) is 0 Å². The highest BCUT2D eigenvalue weighted by molar-refractivity contribution is 7.89. The van der Waals surface area contributed by atoms with Crippen LogP contribution in [0.1, 0.15) is 43.6 Å². The van der Waals surface area contributed by atoms with Gasteiger partial charge >= 0.3 is 0 Å². The van der Waals surface area contributed by atoms with Gasteiger partial charge < -0.3 is 5.32 Å². The standard InChI is InChI=1S/C21H25ClN2O3S/c22-18-7-4-8-20(15-18)28(26,27)23-14-13-21(25)24-19-11-9-17(10-12-19)16-5-2-1-3-6-16/h1-8,15,17,19,23H,9-14H2,(H,24,25). The number of halogens is 1. The molecule has 2 aromatic rings. The molecule has 7 heteroatoms. The fraction of sp³-hybridized carbons (Fsp3) is 0.381. The molecule has 3 rings (SSSR count). The van der Waals surface area contributed by atoms with E-state index in [9.17, 15) is 13.2 Å². The summed E-state index contributed by atoms with van der Waals surface area (Å²) in [7, 11) is -3.66. The zero-order valence-corrected chi connectivity index (χ0v) is 17.2. The number of benzene rings is 2. The molecule has 0 spiro atoms. The number of carbonyl (C=O) groups is 1. The van der Waals surface area contributed by atoms with Gasteiger partial charge in [-0.1, -0.05) is 48.0 Å². The van der Waals surface area contributed by atoms with Crippen LogP contribution < -0.4 is 10.0 Å². The topological polar surface area (TPSA) is 75.3 Å². The van der Waals surface area contributed by atoms with Crippen molar-refractivity contribution in [1.29, 1.82) is 0 Å². The number of rotatable bonds is 7. The molecule has 0 aromatic heterocycles. The highest BCUT2D eigenvalue weighted by Gasteiger charge is 2.23. The molecular weight excluding hydrogens is 396 g/mol. The van der Waals surface area contributed by atoms with Crippen molar-refractivity contribution in [1.82, 2.24) is 10.0 Å². The summed E-state index contributed by atoms with van der Waals surface area (Å²) >= 11 is 5.84. The first-order chi connectivity index (χ1) is 13.4. The van der Waals surface area contributed by atoms with E-state index in [0.717, 1.165) is 25.7 Å². The maximum Gasteiger partial charge on any atom is 0.240 e. The van der Waals surface area contributed by atoms with Crippen LogP contribution in [0.15, 0.2) is 59.5 Å². The first kappa shape index (κ1) is 20.8. The van der Waals surface area contributed by atoms with Crippen molar-refractivity contribution in [2.24, 2.45) is 0 Å². The van der Waals surface area contributed by atoms with Crippen LogP contribution in [0.5, 0.6) is 0 Å². The number of hydrogen-bond donors (Lipinski definition) is 2. The lowest BCUT2D eigenvalue weighted by atomic mass is 9.82. The first-order valence-electron chi connectivity index (χ1n) is 9.53. The first-order valence-corrected chi connectivity index (χ1v) is 11.4. The maximum absolute atomic E-state index is 12.2. The third-order valence-electron chi connectivity index (χ3n) is 5.11. The molecular formula is C21H25ClN2O3S. The molecule has 2 aromatic carbocycles. The van der Waals surface area contributed by atoms with Gasteiger partial charge in [-0.25, -0.2) is 13.1 Å². The molecule has 0 radical (unpaired) electrons. The number of carbonyl (C=O) groups excluding carboxylic acids is 1. The molecule has 0 saturated heterocycles. The minimum Gasteiger partial charge on any atom is -0.353 e. The Labute approximate surface area is 171 Å². The zero-order chi connectivity index (χ0) is 20.0. The summed E-state index contributed by atoms with van der Waals surface area (Å²) in [4.78, 5) is 12.3. The molecule has 1 saturated carbocycles. The monoisotopic (exact) mass is 420 g/mol. The minimum absolute atomic E-state index is 0.0556. The number of hydrogen-bond acceptors (Lipinski definition) is 3. The largest absolute Gasteiger partial charge is 0.353 e. The predicted octanol–water partition coefficient (Wildman–Crippen LogP) is 3.85. The van der Waals surface area contributed by atoms with Gasteiger partial charge in [0.05, 0.1) is 4.90 Å². The zero-order valence-electron chi connectivity index (χ0n) is 15.6. The van der Waals surface area contributed by atoms with E-state index in [1.165, 1.54) is 17.7 Å². The normalized spacial score (nSPS) is 19.9. The van der Waals surface area contributed by atoms with Crippen LogP contribution >= 0.6 is 11.6 Å². The fourth-order valence-corrected chi connectivity index (χ4v) is 4.94. The van der Waals surface area contributed by atoms with Gasteiger partial charge in [0.2, 0.25) is 15.9 Å². The van der Waals surface area contributed by atoms with E-state index < -0.39 is 10.0 Å². The van der Waals surface area contributed by atoms with E-state index in [1.54, 1.807) is 12.1 Å². The lowest BCUT2D eigenvalue weighted by Crippen LogP contribution is -2.39. The molecule has 0 aliphatic heterocycles. The molecule has 150 valence electrons. The molecule has 1 fully saturated rings. The second-order valence-electron chi connectivity index (χ2n) is 7.13. The second kappa shape index (κ2) is 9.54. The molecule has 0 unspecified atom stereocenters. The van der Waals surface area contributed by atoms with Crippen molar-refractivity contribution in [2.75, 3.05) is 6.54 Å². The van der Waals surface area contributed by atoms with Crippen LogP contribution in [-0.2, 0) is 14.8 Å². The molecule has 28 heavy (non-hydrogen) atoms. The highest BCUT2D eigenvalue weighted by Crippen LogP contribution is 2.32. The summed E-state index contributed by atoms with van der Waals surface area (Å²) in [5.41, 5.74) is 1.36. The van der Waals surface area contributed by atoms with E-state index in [2.05, 4.69) is 34.3 Å². The number of amides is 1. The average Bonchev–Trinajstić information content (AvgIpc) is 2.69. The van der Waals surface area contributed by atoms with Crippen molar-refractivity contribution >= 4 is 27.5 Å². The van der Waals surface area contributed by atoms with E-state index in [1.807, 2.05) is 6.07 Å². The Morgan fingerprint density at radius 1 is 1.00 bits per heavy atom. The van der Waals surface area contributed by atoms with E-state index in [4.69, 9.17) is 11.6 Å². The summed E-state index contributed by atoms with van der Waals surface area (Å²) in [6.07, 6.45) is 4.10. The van der Waals surface area contributed by atoms with Gasteiger partial charge in [0.1, 0.15) is 0 Å². The van der Waals surface area contributed by atoms with E-state index in [0.29, 0.717) is 10.9 Å². The van der Waals surface area contributed by atoms with Gasteiger partial charge in [-0.2, -0.15) is 0 Å². The Morgan fingerprint density at radius 2 is 1.71 bits per heavy atom. The molecule has 1 amide bonds. The summed E-state index contributed by atoms with van der Waals surface area (Å²) in [6.45, 7) is 0.0556. The van der Waals surface area contributed by atoms with Crippen molar-refractivity contribution in [3.8, 4) is 0 Å². The lowest BCUT2D eigenvalue weighted by molar-refractivity contribution is -0.121. The summed E-state index contributed by atoms with van der Waals surface area (Å²) in [5.74, 6) is 0.427. The van der Waals surface area contributed by atoms with Crippen molar-refractivity contribution in [2.45, 2.75) is 49.0 Å². The van der Waals surface area contributed by atoms with Crippen LogP contribution in [0.25, 0.3) is 0 Å². The Kier molecular flexibility index (Phi) is 7.10. The Morgan fingerprint density at radius 3 is 2.39 bits per heavy atom. The molecule has 5 nitrogen and oxygen atoms in total. The SMILES string of the molecule is O=C(CCNS(=O)(=O)c1cccc(Cl)c1)NC1CCC(c2ccccc2)CC1. The molecule has 1 aliphatic rings. The lowest BCUT2D eigenvalue weighted by Gasteiger charge is -2.29. The van der Waals surface area contributed by atoms with Crippen LogP contribution in [0.3, 0.4) is 0 Å². The van der Waals surface area contributed by atoms with Crippen LogP contribution in [0, 0.1) is 0 Å². The Hall–Kier alpha value is -1.89. The molecule has 2 N–H and O–H groups in total. The van der Waals surface area contributed by atoms with Crippen molar-refractivity contribution in [3.63, 3.8) is 0 Å². The van der Waals surface area contributed by atoms with Crippen LogP contribution in [0.4, 0.5) is 0 Å². The predicted molar refractivity (Wildman–Crippen MR) is 111 cm³/mol. The summed E-state index contributed by atoms with van der Waals surface area (Å²) in [5, 5.41) is 3.38. The summed E-state index contributed by atoms with van der Waals surface area (Å²) < 4.78 is 26.9. The Bertz CT molecular complexity index is 895. The maximum atomic E-state index is 12.2. The molecule has 0 atom stereocenters. The third-order valence-corrected chi connectivity index (χ3v) is 6.81. The van der Waals surface area contributed by atoms with Crippen LogP contribution in [-0.4, -0.2) is 26.9 Å². The third kappa shape index (κ3) is 5.80. The molecule has 0 heterocycles. The molecule has 0 bridgehead atoms. The van der Waals surface area contributed by atoms with E-state index in [-0.39, 0.29) is 29.8 Å². The average molecular weight is 421 g/mol. The van der Waals surface area contributed by atoms with Crippen LogP contribution in [0.2, 0.25) is 5.02 Å². The van der Waals surface area contributed by atoms with E-state index >= 15 is 0 Å². The van der Waals surface area contributed by atoms with Gasteiger partial charge in [0.15, 0.2) is 0 Å². The minimum atomic E-state index is -3.66. The fourth-order valence-electron chi connectivity index (χ4n) is 3.61. The summed E-state index contributed by atoms with van der Waals surface area (Å²) in [6, 6.07) is 16.7. The van der Waals surface area contributed by atoms with Gasteiger partial charge in [-0.3, -0.25) is 4.79 Å². The number of sulfonamides is 1.